The fraction of sp³-hybridized carbons (Fsp3) is 0.333. The molecule has 0 aromatic carbocycles. The molecule has 0 saturated heterocycles. The van der Waals surface area contributed by atoms with Gasteiger partial charge in [-0.05, 0) is 0 Å². The van der Waals surface area contributed by atoms with Gasteiger partial charge in [0.25, 0.3) is 29.6 Å². The summed E-state index contributed by atoms with van der Waals surface area (Å²) in [4.78, 5) is 45.9. The van der Waals surface area contributed by atoms with E-state index in [9.17, 15) is 28.0 Å². The first-order chi connectivity index (χ1) is 9.30. The molecule has 2 aliphatic rings. The van der Waals surface area contributed by atoms with Crippen molar-refractivity contribution in [3.05, 3.63) is 24.3 Å². The van der Waals surface area contributed by atoms with Gasteiger partial charge in [0.15, 0.2) is 0 Å². The zero-order valence-corrected chi connectivity index (χ0v) is 10.2. The van der Waals surface area contributed by atoms with Crippen LogP contribution in [0.2, 0.25) is 0 Å². The monoisotopic (exact) mass is 284 g/mol. The van der Waals surface area contributed by atoms with E-state index in [4.69, 9.17) is 0 Å². The first kappa shape index (κ1) is 14.0. The molecule has 0 aromatic heterocycles. The minimum Gasteiger partial charge on any atom is -0.275 e. The van der Waals surface area contributed by atoms with Crippen molar-refractivity contribution in [3.8, 4) is 0 Å². The number of nitrogens with zero attached hydrogens (tertiary/aromatic N) is 2. The fourth-order valence-electron chi connectivity index (χ4n) is 1.82. The second kappa shape index (κ2) is 4.95. The van der Waals surface area contributed by atoms with Gasteiger partial charge in [-0.1, -0.05) is 0 Å². The Morgan fingerprint density at radius 2 is 1.20 bits per heavy atom. The first-order valence-electron chi connectivity index (χ1n) is 5.75. The maximum Gasteiger partial charge on any atom is 0.267 e. The molecule has 0 atom stereocenters. The second-order valence-corrected chi connectivity index (χ2v) is 4.36. The zero-order valence-electron chi connectivity index (χ0n) is 10.2. The Kier molecular flexibility index (Phi) is 3.47. The van der Waals surface area contributed by atoms with E-state index >= 15 is 0 Å². The molecule has 6 nitrogen and oxygen atoms in total. The Morgan fingerprint density at radius 3 is 1.65 bits per heavy atom. The zero-order chi connectivity index (χ0) is 14.9. The van der Waals surface area contributed by atoms with Crippen molar-refractivity contribution >= 4 is 23.6 Å². The molecule has 20 heavy (non-hydrogen) atoms. The summed E-state index contributed by atoms with van der Waals surface area (Å²) in [5.74, 6) is -6.28. The maximum absolute atomic E-state index is 13.7. The molecule has 0 saturated carbocycles. The normalized spacial score (nSPS) is 18.9. The van der Waals surface area contributed by atoms with Gasteiger partial charge in [-0.25, -0.2) is 8.78 Å². The summed E-state index contributed by atoms with van der Waals surface area (Å²) in [6.07, 6.45) is 3.00. The predicted molar refractivity (Wildman–Crippen MR) is 61.3 cm³/mol. The van der Waals surface area contributed by atoms with Gasteiger partial charge in [0.1, 0.15) is 0 Å². The van der Waals surface area contributed by atoms with Crippen LogP contribution in [-0.2, 0) is 19.2 Å². The van der Waals surface area contributed by atoms with E-state index in [1.807, 2.05) is 0 Å². The molecule has 106 valence electrons. The Bertz CT molecular complexity index is 518. The van der Waals surface area contributed by atoms with Crippen LogP contribution in [0.5, 0.6) is 0 Å². The van der Waals surface area contributed by atoms with E-state index in [1.165, 1.54) is 0 Å². The molecule has 0 N–H and O–H groups in total. The summed E-state index contributed by atoms with van der Waals surface area (Å²) in [6.45, 7) is -1.54. The molecule has 2 aliphatic heterocycles. The molecular formula is C12H10F2N2O4. The highest BCUT2D eigenvalue weighted by Crippen LogP contribution is 2.23. The molecular weight excluding hydrogens is 274 g/mol. The summed E-state index contributed by atoms with van der Waals surface area (Å²) in [6, 6.07) is 0. The number of alkyl halides is 2. The molecule has 0 unspecified atom stereocenters. The Labute approximate surface area is 112 Å². The SMILES string of the molecule is O=C1C=CC(=O)N1CCC(F)(F)CN1C(=O)C=CC1=O. The van der Waals surface area contributed by atoms with Crippen molar-refractivity contribution < 1.29 is 28.0 Å². The lowest BCUT2D eigenvalue weighted by atomic mass is 10.2. The summed E-state index contributed by atoms with van der Waals surface area (Å²) in [7, 11) is 0. The third kappa shape index (κ3) is 2.79. The predicted octanol–water partition coefficient (Wildman–Crippen LogP) is -0.138. The molecule has 2 heterocycles. The summed E-state index contributed by atoms with van der Waals surface area (Å²) < 4.78 is 27.4. The maximum atomic E-state index is 13.7. The van der Waals surface area contributed by atoms with Crippen LogP contribution in [0.15, 0.2) is 24.3 Å². The topological polar surface area (TPSA) is 74.8 Å². The van der Waals surface area contributed by atoms with Crippen LogP contribution in [0.25, 0.3) is 0 Å². The minimum absolute atomic E-state index is 0.422. The van der Waals surface area contributed by atoms with Crippen LogP contribution < -0.4 is 0 Å². The van der Waals surface area contributed by atoms with Crippen LogP contribution in [0.1, 0.15) is 6.42 Å². The number of halogens is 2. The number of imide groups is 2. The number of carbonyl (C=O) groups excluding carboxylic acids is 4. The van der Waals surface area contributed by atoms with E-state index in [2.05, 4.69) is 0 Å². The Morgan fingerprint density at radius 1 is 0.800 bits per heavy atom. The molecule has 0 bridgehead atoms. The van der Waals surface area contributed by atoms with Crippen molar-refractivity contribution in [1.82, 2.24) is 9.80 Å². The van der Waals surface area contributed by atoms with Gasteiger partial charge in [0, 0.05) is 37.3 Å². The van der Waals surface area contributed by atoms with E-state index in [1.54, 1.807) is 0 Å². The third-order valence-corrected chi connectivity index (χ3v) is 2.89. The van der Waals surface area contributed by atoms with Crippen LogP contribution in [0.3, 0.4) is 0 Å². The molecule has 0 fully saturated rings. The molecule has 8 heteroatoms. The molecule has 2 rings (SSSR count). The van der Waals surface area contributed by atoms with Gasteiger partial charge < -0.3 is 0 Å². The second-order valence-electron chi connectivity index (χ2n) is 4.36. The number of hydrogen-bond donors (Lipinski definition) is 0. The van der Waals surface area contributed by atoms with Gasteiger partial charge in [-0.15, -0.1) is 0 Å². The quantitative estimate of drug-likeness (QED) is 0.659. The average molecular weight is 284 g/mol. The summed E-state index contributed by atoms with van der Waals surface area (Å²) in [5.41, 5.74) is 0. The smallest absolute Gasteiger partial charge is 0.267 e. The highest BCUT2D eigenvalue weighted by atomic mass is 19.3. The van der Waals surface area contributed by atoms with Crippen LogP contribution in [0, 0.1) is 0 Å². The average Bonchev–Trinajstić information content (AvgIpc) is 2.84. The lowest BCUT2D eigenvalue weighted by Crippen LogP contribution is -2.43. The van der Waals surface area contributed by atoms with Gasteiger partial charge in [0.2, 0.25) is 0 Å². The van der Waals surface area contributed by atoms with Crippen molar-refractivity contribution in [3.63, 3.8) is 0 Å². The number of hydrogen-bond acceptors (Lipinski definition) is 4. The lowest BCUT2D eigenvalue weighted by Gasteiger charge is -2.23. The lowest BCUT2D eigenvalue weighted by molar-refractivity contribution is -0.146. The third-order valence-electron chi connectivity index (χ3n) is 2.89. The van der Waals surface area contributed by atoms with E-state index in [0.717, 1.165) is 24.3 Å². The van der Waals surface area contributed by atoms with Crippen molar-refractivity contribution in [2.24, 2.45) is 0 Å². The Balaban J connectivity index is 1.91. The summed E-state index contributed by atoms with van der Waals surface area (Å²) >= 11 is 0. The van der Waals surface area contributed by atoms with Crippen molar-refractivity contribution in [2.45, 2.75) is 12.3 Å². The van der Waals surface area contributed by atoms with Crippen LogP contribution in [-0.4, -0.2) is 52.4 Å². The number of rotatable bonds is 5. The Hall–Kier alpha value is -2.38. The number of carbonyl (C=O) groups is 4. The summed E-state index contributed by atoms with van der Waals surface area (Å²) in [5, 5.41) is 0. The highest BCUT2D eigenvalue weighted by molar-refractivity contribution is 6.13. The van der Waals surface area contributed by atoms with E-state index < -0.39 is 49.1 Å². The molecule has 4 amide bonds. The highest BCUT2D eigenvalue weighted by Gasteiger charge is 2.38. The van der Waals surface area contributed by atoms with Crippen molar-refractivity contribution in [1.29, 1.82) is 0 Å². The van der Waals surface area contributed by atoms with E-state index in [0.29, 0.717) is 9.80 Å². The van der Waals surface area contributed by atoms with Gasteiger partial charge >= 0.3 is 0 Å². The molecule has 0 aromatic rings. The molecule has 0 spiro atoms. The van der Waals surface area contributed by atoms with E-state index in [-0.39, 0.29) is 0 Å². The number of amides is 4. The fourth-order valence-corrected chi connectivity index (χ4v) is 1.82. The van der Waals surface area contributed by atoms with Gasteiger partial charge in [0.05, 0.1) is 6.54 Å². The van der Waals surface area contributed by atoms with Crippen LogP contribution >= 0.6 is 0 Å². The first-order valence-corrected chi connectivity index (χ1v) is 5.75. The van der Waals surface area contributed by atoms with Gasteiger partial charge in [-0.3, -0.25) is 29.0 Å². The largest absolute Gasteiger partial charge is 0.275 e. The molecule has 0 radical (unpaired) electrons. The molecule has 0 aliphatic carbocycles. The standard InChI is InChI=1S/C12H10F2N2O4/c13-12(14,7-16-10(19)3-4-11(16)20)5-6-15-8(17)1-2-9(15)18/h1-4H,5-7H2. The van der Waals surface area contributed by atoms with Crippen molar-refractivity contribution in [2.75, 3.05) is 13.1 Å². The van der Waals surface area contributed by atoms with Gasteiger partial charge in [-0.2, -0.15) is 0 Å². The van der Waals surface area contributed by atoms with Crippen LogP contribution in [0.4, 0.5) is 8.78 Å². The minimum atomic E-state index is -3.37.